The second-order valence-electron chi connectivity index (χ2n) is 8.06. The van der Waals surface area contributed by atoms with Crippen molar-refractivity contribution in [3.63, 3.8) is 0 Å². The number of rotatable bonds is 10. The molecule has 0 N–H and O–H groups in total. The van der Waals surface area contributed by atoms with E-state index in [0.29, 0.717) is 0 Å². The first-order valence-corrected chi connectivity index (χ1v) is 9.41. The van der Waals surface area contributed by atoms with Crippen molar-refractivity contribution in [1.29, 1.82) is 0 Å². The third kappa shape index (κ3) is 6.57. The van der Waals surface area contributed by atoms with Crippen molar-refractivity contribution in [2.45, 2.75) is 65.7 Å². The van der Waals surface area contributed by atoms with Gasteiger partial charge < -0.3 is 4.74 Å². The van der Waals surface area contributed by atoms with Crippen molar-refractivity contribution in [2.75, 3.05) is 7.11 Å². The van der Waals surface area contributed by atoms with Crippen molar-refractivity contribution < 1.29 is 4.74 Å². The molecule has 1 aromatic carbocycles. The molecule has 0 amide bonds. The predicted molar refractivity (Wildman–Crippen MR) is 111 cm³/mol. The van der Waals surface area contributed by atoms with Crippen molar-refractivity contribution in [3.05, 3.63) is 66.3 Å². The van der Waals surface area contributed by atoms with E-state index in [0.717, 1.165) is 12.2 Å². The van der Waals surface area contributed by atoms with Crippen molar-refractivity contribution in [1.82, 2.24) is 0 Å². The second kappa shape index (κ2) is 9.65. The molecule has 0 radical (unpaired) electrons. The van der Waals surface area contributed by atoms with E-state index in [-0.39, 0.29) is 10.8 Å². The molecule has 1 heteroatoms. The molecule has 0 unspecified atom stereocenters. The van der Waals surface area contributed by atoms with E-state index in [9.17, 15) is 0 Å². The summed E-state index contributed by atoms with van der Waals surface area (Å²) in [4.78, 5) is 0. The summed E-state index contributed by atoms with van der Waals surface area (Å²) in [5.74, 6) is 0.906. The fourth-order valence-electron chi connectivity index (χ4n) is 3.04. The minimum absolute atomic E-state index is 0.0929. The summed E-state index contributed by atoms with van der Waals surface area (Å²) in [7, 11) is 1.71. The summed E-state index contributed by atoms with van der Waals surface area (Å²) in [6.07, 6.45) is 13.4. The van der Waals surface area contributed by atoms with Gasteiger partial charge >= 0.3 is 0 Å². The van der Waals surface area contributed by atoms with Crippen LogP contribution in [0.2, 0.25) is 0 Å². The standard InChI is InChI=1S/C24H36O/c1-8-10-18-23(3,4)20(12-9-2)13-11-19-24(5,6)21-14-16-22(25-7)17-15-21/h9,11-17H,2,8,10,18-19H2,1,3-7H3/b13-11-,20-12+. The molecule has 0 heterocycles. The Bertz CT molecular complexity index is 585. The molecule has 0 aliphatic heterocycles. The first kappa shape index (κ1) is 21.3. The maximum absolute atomic E-state index is 5.26. The van der Waals surface area contributed by atoms with Crippen LogP contribution in [0.15, 0.2) is 60.7 Å². The van der Waals surface area contributed by atoms with Crippen LogP contribution < -0.4 is 4.74 Å². The Morgan fingerprint density at radius 1 is 1.12 bits per heavy atom. The van der Waals surface area contributed by atoms with Gasteiger partial charge in [-0.3, -0.25) is 0 Å². The van der Waals surface area contributed by atoms with Crippen LogP contribution in [-0.4, -0.2) is 7.11 Å². The van der Waals surface area contributed by atoms with Gasteiger partial charge in [0.05, 0.1) is 7.11 Å². The maximum Gasteiger partial charge on any atom is 0.118 e. The minimum atomic E-state index is 0.0929. The summed E-state index contributed by atoms with van der Waals surface area (Å²) in [6, 6.07) is 8.41. The van der Waals surface area contributed by atoms with Crippen molar-refractivity contribution in [2.24, 2.45) is 5.41 Å². The van der Waals surface area contributed by atoms with Gasteiger partial charge in [-0.25, -0.2) is 0 Å². The lowest BCUT2D eigenvalue weighted by Gasteiger charge is -2.27. The molecule has 1 nitrogen and oxygen atoms in total. The molecular formula is C24H36O. The van der Waals surface area contributed by atoms with E-state index in [4.69, 9.17) is 4.74 Å². The van der Waals surface area contributed by atoms with Gasteiger partial charge in [-0.05, 0) is 46.9 Å². The summed E-state index contributed by atoms with van der Waals surface area (Å²) in [6.45, 7) is 15.4. The van der Waals surface area contributed by atoms with E-state index in [1.165, 1.54) is 30.4 Å². The average Bonchev–Trinajstić information content (AvgIpc) is 2.59. The van der Waals surface area contributed by atoms with Crippen LogP contribution in [0, 0.1) is 5.41 Å². The molecule has 0 aliphatic carbocycles. The third-order valence-electron chi connectivity index (χ3n) is 5.03. The normalized spacial score (nSPS) is 13.3. The zero-order valence-electron chi connectivity index (χ0n) is 17.1. The Morgan fingerprint density at radius 2 is 1.76 bits per heavy atom. The highest BCUT2D eigenvalue weighted by molar-refractivity contribution is 5.33. The summed E-state index contributed by atoms with van der Waals surface area (Å²) in [5.41, 5.74) is 2.97. The molecule has 1 aromatic rings. The second-order valence-corrected chi connectivity index (χ2v) is 8.06. The molecule has 25 heavy (non-hydrogen) atoms. The summed E-state index contributed by atoms with van der Waals surface area (Å²) in [5, 5.41) is 0. The topological polar surface area (TPSA) is 9.23 Å². The Balaban J connectivity index is 2.86. The SMILES string of the molecule is C=C/C=C(\C=C/CC(C)(C)c1ccc(OC)cc1)C(C)(C)CCCC. The molecule has 0 spiro atoms. The monoisotopic (exact) mass is 340 g/mol. The fraction of sp³-hybridized carbons (Fsp3) is 0.500. The maximum atomic E-state index is 5.26. The van der Waals surface area contributed by atoms with Crippen molar-refractivity contribution in [3.8, 4) is 5.75 Å². The van der Waals surface area contributed by atoms with Gasteiger partial charge in [-0.2, -0.15) is 0 Å². The van der Waals surface area contributed by atoms with Crippen LogP contribution in [0.4, 0.5) is 0 Å². The quantitative estimate of drug-likeness (QED) is 0.408. The Hall–Kier alpha value is -1.76. The van der Waals surface area contributed by atoms with Crippen LogP contribution in [0.3, 0.4) is 0 Å². The predicted octanol–water partition coefficient (Wildman–Crippen LogP) is 7.25. The highest BCUT2D eigenvalue weighted by Gasteiger charge is 2.22. The van der Waals surface area contributed by atoms with Gasteiger partial charge in [0.2, 0.25) is 0 Å². The Kier molecular flexibility index (Phi) is 8.22. The number of hydrogen-bond donors (Lipinski definition) is 0. The van der Waals surface area contributed by atoms with Gasteiger partial charge in [0, 0.05) is 0 Å². The van der Waals surface area contributed by atoms with E-state index in [2.05, 4.69) is 71.6 Å². The Morgan fingerprint density at radius 3 is 2.28 bits per heavy atom. The zero-order valence-corrected chi connectivity index (χ0v) is 17.1. The van der Waals surface area contributed by atoms with Crippen LogP contribution in [0.5, 0.6) is 5.75 Å². The molecule has 1 rings (SSSR count). The Labute approximate surface area is 155 Å². The number of allylic oxidation sites excluding steroid dienone is 5. The zero-order chi connectivity index (χ0) is 18.9. The molecule has 0 atom stereocenters. The molecular weight excluding hydrogens is 304 g/mol. The van der Waals surface area contributed by atoms with E-state index < -0.39 is 0 Å². The molecule has 0 aromatic heterocycles. The van der Waals surface area contributed by atoms with Gasteiger partial charge in [-0.15, -0.1) is 0 Å². The molecule has 0 aliphatic rings. The van der Waals surface area contributed by atoms with Crippen LogP contribution in [0.1, 0.15) is 65.9 Å². The molecule has 0 bridgehead atoms. The summed E-state index contributed by atoms with van der Waals surface area (Å²) >= 11 is 0. The highest BCUT2D eigenvalue weighted by atomic mass is 16.5. The lowest BCUT2D eigenvalue weighted by Crippen LogP contribution is -2.16. The smallest absolute Gasteiger partial charge is 0.118 e. The highest BCUT2D eigenvalue weighted by Crippen LogP contribution is 2.34. The van der Waals surface area contributed by atoms with E-state index in [1.54, 1.807) is 7.11 Å². The lowest BCUT2D eigenvalue weighted by molar-refractivity contribution is 0.400. The molecule has 138 valence electrons. The van der Waals surface area contributed by atoms with E-state index in [1.807, 2.05) is 18.2 Å². The first-order chi connectivity index (χ1) is 11.8. The van der Waals surface area contributed by atoms with Gasteiger partial charge in [0.25, 0.3) is 0 Å². The first-order valence-electron chi connectivity index (χ1n) is 9.41. The lowest BCUT2D eigenvalue weighted by atomic mass is 9.77. The van der Waals surface area contributed by atoms with Crippen molar-refractivity contribution >= 4 is 0 Å². The minimum Gasteiger partial charge on any atom is -0.497 e. The van der Waals surface area contributed by atoms with Gasteiger partial charge in [-0.1, -0.05) is 90.5 Å². The largest absolute Gasteiger partial charge is 0.497 e. The van der Waals surface area contributed by atoms with Crippen LogP contribution in [0.25, 0.3) is 0 Å². The fourth-order valence-corrected chi connectivity index (χ4v) is 3.04. The number of methoxy groups -OCH3 is 1. The third-order valence-corrected chi connectivity index (χ3v) is 5.03. The number of benzene rings is 1. The van der Waals surface area contributed by atoms with E-state index >= 15 is 0 Å². The van der Waals surface area contributed by atoms with Crippen LogP contribution >= 0.6 is 0 Å². The average molecular weight is 341 g/mol. The summed E-state index contributed by atoms with van der Waals surface area (Å²) < 4.78 is 5.26. The van der Waals surface area contributed by atoms with Gasteiger partial charge in [0.15, 0.2) is 0 Å². The molecule has 0 saturated heterocycles. The number of ether oxygens (including phenoxy) is 1. The molecule has 0 fully saturated rings. The molecule has 0 saturated carbocycles. The number of unbranched alkanes of at least 4 members (excludes halogenated alkanes) is 1. The van der Waals surface area contributed by atoms with Crippen LogP contribution in [-0.2, 0) is 5.41 Å². The number of hydrogen-bond acceptors (Lipinski definition) is 1. The van der Waals surface area contributed by atoms with Gasteiger partial charge in [0.1, 0.15) is 5.75 Å².